The van der Waals surface area contributed by atoms with Crippen LogP contribution in [-0.2, 0) is 4.79 Å². The molecule has 0 bridgehead atoms. The summed E-state index contributed by atoms with van der Waals surface area (Å²) in [5.74, 6) is -0.177. The molecular weight excluding hydrogens is 242 g/mol. The maximum Gasteiger partial charge on any atom is 0.242 e. The molecule has 0 aliphatic carbocycles. The minimum Gasteiger partial charge on any atom is -0.370 e. The number of benzene rings is 1. The number of nitrogens with zero attached hydrogens (tertiary/aromatic N) is 2. The van der Waals surface area contributed by atoms with Crippen LogP contribution >= 0.6 is 0 Å². The number of nitrogens with one attached hydrogen (secondary N) is 2. The van der Waals surface area contributed by atoms with E-state index >= 15 is 0 Å². The van der Waals surface area contributed by atoms with Gasteiger partial charge in [-0.05, 0) is 37.1 Å². The second-order valence-electron chi connectivity index (χ2n) is 4.14. The van der Waals surface area contributed by atoms with Gasteiger partial charge in [-0.25, -0.2) is 4.99 Å². The minimum absolute atomic E-state index is 0.0290. The molecule has 1 rings (SSSR count). The van der Waals surface area contributed by atoms with E-state index < -0.39 is 0 Å². The molecule has 100 valence electrons. The highest BCUT2D eigenvalue weighted by Crippen LogP contribution is 2.13. The Hall–Kier alpha value is -2.55. The maximum atomic E-state index is 11.2. The van der Waals surface area contributed by atoms with Crippen LogP contribution in [0, 0.1) is 25.2 Å². The maximum absolute atomic E-state index is 11.2. The van der Waals surface area contributed by atoms with Crippen molar-refractivity contribution in [3.8, 4) is 6.07 Å². The molecule has 0 fully saturated rings. The van der Waals surface area contributed by atoms with Gasteiger partial charge in [0.1, 0.15) is 13.1 Å². The Balaban J connectivity index is 2.56. The number of hydrogen-bond donors (Lipinski definition) is 3. The van der Waals surface area contributed by atoms with Crippen molar-refractivity contribution in [2.24, 2.45) is 10.7 Å². The van der Waals surface area contributed by atoms with E-state index in [0.29, 0.717) is 0 Å². The van der Waals surface area contributed by atoms with Crippen LogP contribution in [0.4, 0.5) is 5.69 Å². The number of rotatable bonds is 4. The average Bonchev–Trinajstić information content (AvgIpc) is 2.32. The van der Waals surface area contributed by atoms with E-state index in [0.717, 1.165) is 16.8 Å². The van der Waals surface area contributed by atoms with E-state index in [1.807, 2.05) is 38.1 Å². The lowest BCUT2D eigenvalue weighted by molar-refractivity contribution is -0.119. The first-order valence-corrected chi connectivity index (χ1v) is 5.80. The molecule has 6 nitrogen and oxygen atoms in total. The normalized spacial score (nSPS) is 10.7. The van der Waals surface area contributed by atoms with Gasteiger partial charge in [-0.2, -0.15) is 5.26 Å². The first-order valence-electron chi connectivity index (χ1n) is 5.80. The number of anilines is 1. The number of amides is 1. The van der Waals surface area contributed by atoms with Gasteiger partial charge in [-0.3, -0.25) is 4.79 Å². The van der Waals surface area contributed by atoms with Crippen LogP contribution in [0.1, 0.15) is 11.1 Å². The summed E-state index contributed by atoms with van der Waals surface area (Å²) in [6.07, 6.45) is 0. The van der Waals surface area contributed by atoms with E-state index in [4.69, 9.17) is 11.0 Å². The quantitative estimate of drug-likeness (QED) is 0.420. The van der Waals surface area contributed by atoms with Gasteiger partial charge >= 0.3 is 0 Å². The molecule has 0 unspecified atom stereocenters. The standard InChI is InChI=1S/C13H17N5O/c1-9-5-10(2)7-11(6-9)18-13(15)17-8-12(19)16-4-3-14/h5-7H,4,8H2,1-2H3,(H,16,19)(H3,15,17,18). The van der Waals surface area contributed by atoms with Crippen molar-refractivity contribution >= 4 is 17.6 Å². The van der Waals surface area contributed by atoms with Gasteiger partial charge in [-0.15, -0.1) is 0 Å². The predicted molar refractivity (Wildman–Crippen MR) is 74.7 cm³/mol. The Morgan fingerprint density at radius 3 is 2.58 bits per heavy atom. The summed E-state index contributed by atoms with van der Waals surface area (Å²) >= 11 is 0. The number of hydrogen-bond acceptors (Lipinski definition) is 3. The molecule has 4 N–H and O–H groups in total. The molecule has 0 radical (unpaired) electrons. The van der Waals surface area contributed by atoms with Crippen LogP contribution in [0.5, 0.6) is 0 Å². The van der Waals surface area contributed by atoms with Crippen molar-refractivity contribution in [1.29, 1.82) is 5.26 Å². The lowest BCUT2D eigenvalue weighted by Gasteiger charge is -2.07. The van der Waals surface area contributed by atoms with Gasteiger partial charge in [0.05, 0.1) is 6.07 Å². The summed E-state index contributed by atoms with van der Waals surface area (Å²) in [5.41, 5.74) is 8.73. The fourth-order valence-electron chi connectivity index (χ4n) is 1.59. The van der Waals surface area contributed by atoms with E-state index in [9.17, 15) is 4.79 Å². The number of nitrogens with two attached hydrogens (primary N) is 1. The fourth-order valence-corrected chi connectivity index (χ4v) is 1.59. The van der Waals surface area contributed by atoms with Gasteiger partial charge < -0.3 is 16.4 Å². The van der Waals surface area contributed by atoms with E-state index in [1.165, 1.54) is 0 Å². The number of aliphatic imine (C=N–C) groups is 1. The molecule has 6 heteroatoms. The van der Waals surface area contributed by atoms with Crippen molar-refractivity contribution in [3.05, 3.63) is 29.3 Å². The number of carbonyl (C=O) groups excluding carboxylic acids is 1. The number of carbonyl (C=O) groups is 1. The lowest BCUT2D eigenvalue weighted by atomic mass is 10.1. The lowest BCUT2D eigenvalue weighted by Crippen LogP contribution is -2.29. The first-order chi connectivity index (χ1) is 9.01. The molecular formula is C13H17N5O. The second kappa shape index (κ2) is 7.01. The van der Waals surface area contributed by atoms with Gasteiger partial charge in [0.25, 0.3) is 0 Å². The fraction of sp³-hybridized carbons (Fsp3) is 0.308. The summed E-state index contributed by atoms with van der Waals surface area (Å²) in [4.78, 5) is 15.1. The molecule has 0 heterocycles. The third-order valence-electron chi connectivity index (χ3n) is 2.25. The van der Waals surface area contributed by atoms with Crippen LogP contribution in [0.2, 0.25) is 0 Å². The Bertz CT molecular complexity index is 510. The van der Waals surface area contributed by atoms with Gasteiger partial charge in [0.15, 0.2) is 5.96 Å². The number of aryl methyl sites for hydroxylation is 2. The third-order valence-corrected chi connectivity index (χ3v) is 2.25. The molecule has 0 saturated heterocycles. The summed E-state index contributed by atoms with van der Waals surface area (Å²) < 4.78 is 0. The molecule has 1 aromatic carbocycles. The van der Waals surface area contributed by atoms with Crippen LogP contribution in [0.3, 0.4) is 0 Å². The van der Waals surface area contributed by atoms with E-state index in [2.05, 4.69) is 15.6 Å². The Morgan fingerprint density at radius 2 is 2.00 bits per heavy atom. The zero-order valence-electron chi connectivity index (χ0n) is 11.0. The van der Waals surface area contributed by atoms with Crippen LogP contribution in [0.25, 0.3) is 0 Å². The van der Waals surface area contributed by atoms with Crippen LogP contribution in [-0.4, -0.2) is 25.0 Å². The van der Waals surface area contributed by atoms with Crippen molar-refractivity contribution in [2.75, 3.05) is 18.4 Å². The second-order valence-corrected chi connectivity index (χ2v) is 4.14. The minimum atomic E-state index is -0.341. The van der Waals surface area contributed by atoms with Crippen molar-refractivity contribution < 1.29 is 4.79 Å². The van der Waals surface area contributed by atoms with Crippen molar-refractivity contribution in [2.45, 2.75) is 13.8 Å². The SMILES string of the molecule is Cc1cc(C)cc(NC(N)=NCC(=O)NCC#N)c1. The van der Waals surface area contributed by atoms with Gasteiger partial charge in [0, 0.05) is 5.69 Å². The number of nitriles is 1. The molecule has 0 atom stereocenters. The van der Waals surface area contributed by atoms with E-state index in [-0.39, 0.29) is 25.0 Å². The third kappa shape index (κ3) is 5.55. The summed E-state index contributed by atoms with van der Waals surface area (Å²) in [6, 6.07) is 7.73. The van der Waals surface area contributed by atoms with Crippen LogP contribution in [0.15, 0.2) is 23.2 Å². The Morgan fingerprint density at radius 1 is 1.37 bits per heavy atom. The number of guanidine groups is 1. The molecule has 0 saturated carbocycles. The topological polar surface area (TPSA) is 103 Å². The predicted octanol–water partition coefficient (Wildman–Crippen LogP) is 0.670. The van der Waals surface area contributed by atoms with E-state index in [1.54, 1.807) is 0 Å². The zero-order chi connectivity index (χ0) is 14.3. The van der Waals surface area contributed by atoms with Gasteiger partial charge in [0.2, 0.25) is 5.91 Å². The first kappa shape index (κ1) is 14.5. The van der Waals surface area contributed by atoms with Crippen LogP contribution < -0.4 is 16.4 Å². The summed E-state index contributed by atoms with van der Waals surface area (Å²) in [7, 11) is 0. The Labute approximate surface area is 112 Å². The Kier molecular flexibility index (Phi) is 5.35. The van der Waals surface area contributed by atoms with Crippen molar-refractivity contribution in [1.82, 2.24) is 5.32 Å². The van der Waals surface area contributed by atoms with Gasteiger partial charge in [-0.1, -0.05) is 6.07 Å². The highest BCUT2D eigenvalue weighted by molar-refractivity contribution is 5.94. The summed E-state index contributed by atoms with van der Waals surface area (Å²) in [5, 5.41) is 13.6. The molecule has 0 spiro atoms. The summed E-state index contributed by atoms with van der Waals surface area (Å²) in [6.45, 7) is 3.84. The highest BCUT2D eigenvalue weighted by atomic mass is 16.1. The smallest absolute Gasteiger partial charge is 0.242 e. The average molecular weight is 259 g/mol. The molecule has 0 aliphatic heterocycles. The molecule has 1 amide bonds. The molecule has 0 aliphatic rings. The molecule has 0 aromatic heterocycles. The molecule has 19 heavy (non-hydrogen) atoms. The largest absolute Gasteiger partial charge is 0.370 e. The van der Waals surface area contributed by atoms with Crippen molar-refractivity contribution in [3.63, 3.8) is 0 Å². The monoisotopic (exact) mass is 259 g/mol. The molecule has 1 aromatic rings. The highest BCUT2D eigenvalue weighted by Gasteiger charge is 2.00. The zero-order valence-corrected chi connectivity index (χ0v) is 11.0.